The second-order valence-electron chi connectivity index (χ2n) is 3.65. The summed E-state index contributed by atoms with van der Waals surface area (Å²) in [5, 5.41) is 2.84. The zero-order valence-electron chi connectivity index (χ0n) is 5.77. The van der Waals surface area contributed by atoms with Gasteiger partial charge in [-0.05, 0) is 11.3 Å². The van der Waals surface area contributed by atoms with Gasteiger partial charge in [0.2, 0.25) is 5.91 Å². The average Bonchev–Trinajstić information content (AvgIpc) is 2.19. The molecule has 0 spiro atoms. The van der Waals surface area contributed by atoms with Crippen molar-refractivity contribution < 1.29 is 4.79 Å². The van der Waals surface area contributed by atoms with Crippen molar-refractivity contribution in [2.24, 2.45) is 17.3 Å². The maximum absolute atomic E-state index is 10.9. The highest BCUT2D eigenvalue weighted by Crippen LogP contribution is 2.60. The van der Waals surface area contributed by atoms with E-state index >= 15 is 0 Å². The van der Waals surface area contributed by atoms with E-state index in [2.05, 4.69) is 19.2 Å². The van der Waals surface area contributed by atoms with Gasteiger partial charge in [0.05, 0.1) is 0 Å². The Morgan fingerprint density at radius 1 is 1.67 bits per heavy atom. The largest absolute Gasteiger partial charge is 0.356 e. The first kappa shape index (κ1) is 5.27. The van der Waals surface area contributed by atoms with Gasteiger partial charge < -0.3 is 5.32 Å². The van der Waals surface area contributed by atoms with Gasteiger partial charge >= 0.3 is 0 Å². The molecule has 0 aromatic carbocycles. The fourth-order valence-electron chi connectivity index (χ4n) is 1.97. The third-order valence-electron chi connectivity index (χ3n) is 2.83. The van der Waals surface area contributed by atoms with Crippen LogP contribution in [-0.4, -0.2) is 12.5 Å². The van der Waals surface area contributed by atoms with Crippen LogP contribution in [-0.2, 0) is 4.79 Å². The number of hydrogen-bond donors (Lipinski definition) is 1. The van der Waals surface area contributed by atoms with Crippen LogP contribution in [0.2, 0.25) is 0 Å². The molecule has 1 saturated heterocycles. The van der Waals surface area contributed by atoms with E-state index in [1.807, 2.05) is 0 Å². The van der Waals surface area contributed by atoms with E-state index < -0.39 is 0 Å². The third kappa shape index (κ3) is 0.443. The minimum Gasteiger partial charge on any atom is -0.356 e. The molecule has 1 aliphatic heterocycles. The van der Waals surface area contributed by atoms with Crippen LogP contribution >= 0.6 is 0 Å². The molecule has 0 aromatic heterocycles. The van der Waals surface area contributed by atoms with Crippen LogP contribution in [0.25, 0.3) is 0 Å². The lowest BCUT2D eigenvalue weighted by Crippen LogP contribution is -2.24. The van der Waals surface area contributed by atoms with Gasteiger partial charge in [0, 0.05) is 12.5 Å². The summed E-state index contributed by atoms with van der Waals surface area (Å²) in [6, 6.07) is 0. The maximum Gasteiger partial charge on any atom is 0.224 e. The van der Waals surface area contributed by atoms with Gasteiger partial charge in [0.15, 0.2) is 0 Å². The van der Waals surface area contributed by atoms with E-state index in [-0.39, 0.29) is 5.91 Å². The van der Waals surface area contributed by atoms with E-state index in [1.54, 1.807) is 0 Å². The maximum atomic E-state index is 10.9. The molecule has 9 heavy (non-hydrogen) atoms. The number of hydrogen-bond acceptors (Lipinski definition) is 1. The normalized spacial score (nSPS) is 44.0. The molecule has 2 rings (SSSR count). The summed E-state index contributed by atoms with van der Waals surface area (Å²) in [6.45, 7) is 5.25. The zero-order chi connectivity index (χ0) is 6.65. The first-order chi connectivity index (χ1) is 4.14. The highest BCUT2D eigenvalue weighted by molar-refractivity contribution is 5.86. The standard InChI is InChI=1S/C7H11NO/c1-7(2)4-3-8-6(9)5(4)7/h4-5H,3H2,1-2H3,(H,8,9)/t4-,5-/m0/s1. The Bertz CT molecular complexity index is 174. The number of fused-ring (bicyclic) bond motifs is 1. The molecular formula is C7H11NO. The second-order valence-corrected chi connectivity index (χ2v) is 3.65. The fourth-order valence-corrected chi connectivity index (χ4v) is 1.97. The summed E-state index contributed by atoms with van der Waals surface area (Å²) in [5.41, 5.74) is 0.322. The number of piperidine rings is 1. The first-order valence-electron chi connectivity index (χ1n) is 3.42. The van der Waals surface area contributed by atoms with E-state index in [9.17, 15) is 4.79 Å². The topological polar surface area (TPSA) is 29.1 Å². The van der Waals surface area contributed by atoms with Crippen molar-refractivity contribution in [3.8, 4) is 0 Å². The monoisotopic (exact) mass is 125 g/mol. The number of carbonyl (C=O) groups is 1. The van der Waals surface area contributed by atoms with E-state index in [4.69, 9.17) is 0 Å². The quantitative estimate of drug-likeness (QED) is 0.498. The molecule has 1 N–H and O–H groups in total. The second kappa shape index (κ2) is 1.15. The molecular weight excluding hydrogens is 114 g/mol. The van der Waals surface area contributed by atoms with Gasteiger partial charge in [-0.2, -0.15) is 0 Å². The molecule has 1 aliphatic carbocycles. The van der Waals surface area contributed by atoms with Crippen molar-refractivity contribution >= 4 is 5.91 Å². The minimum atomic E-state index is 0.269. The smallest absolute Gasteiger partial charge is 0.224 e. The van der Waals surface area contributed by atoms with Crippen molar-refractivity contribution in [3.05, 3.63) is 0 Å². The van der Waals surface area contributed by atoms with E-state index in [1.165, 1.54) is 0 Å². The highest BCUT2D eigenvalue weighted by atomic mass is 16.2. The van der Waals surface area contributed by atoms with Crippen molar-refractivity contribution in [3.63, 3.8) is 0 Å². The van der Waals surface area contributed by atoms with Crippen LogP contribution in [0.15, 0.2) is 0 Å². The van der Waals surface area contributed by atoms with Gasteiger partial charge in [-0.15, -0.1) is 0 Å². The Balaban J connectivity index is 2.23. The molecule has 0 unspecified atom stereocenters. The Kier molecular flexibility index (Phi) is 0.675. The summed E-state index contributed by atoms with van der Waals surface area (Å²) >= 11 is 0. The van der Waals surface area contributed by atoms with Crippen LogP contribution in [0.3, 0.4) is 0 Å². The SMILES string of the molecule is CC1(C)[C@@H]2C(=O)NC[C@@H]21. The molecule has 1 saturated carbocycles. The summed E-state index contributed by atoms with van der Waals surface area (Å²) in [7, 11) is 0. The van der Waals surface area contributed by atoms with Gasteiger partial charge in [-0.3, -0.25) is 4.79 Å². The molecule has 0 bridgehead atoms. The van der Waals surface area contributed by atoms with E-state index in [0.29, 0.717) is 17.3 Å². The van der Waals surface area contributed by atoms with Crippen LogP contribution < -0.4 is 5.32 Å². The molecule has 2 heteroatoms. The Morgan fingerprint density at radius 3 is 2.56 bits per heavy atom. The zero-order valence-corrected chi connectivity index (χ0v) is 5.77. The molecule has 2 atom stereocenters. The molecule has 2 nitrogen and oxygen atoms in total. The molecule has 1 amide bonds. The minimum absolute atomic E-state index is 0.269. The van der Waals surface area contributed by atoms with Crippen LogP contribution in [0, 0.1) is 17.3 Å². The van der Waals surface area contributed by atoms with Gasteiger partial charge in [0.25, 0.3) is 0 Å². The summed E-state index contributed by atoms with van der Waals surface area (Å²) < 4.78 is 0. The van der Waals surface area contributed by atoms with Crippen molar-refractivity contribution in [1.82, 2.24) is 5.32 Å². The molecule has 0 radical (unpaired) electrons. The fraction of sp³-hybridized carbons (Fsp3) is 0.857. The molecule has 0 aromatic rings. The molecule has 2 fully saturated rings. The van der Waals surface area contributed by atoms with Gasteiger partial charge in [-0.1, -0.05) is 13.8 Å². The summed E-state index contributed by atoms with van der Waals surface area (Å²) in [4.78, 5) is 10.9. The van der Waals surface area contributed by atoms with Crippen molar-refractivity contribution in [1.29, 1.82) is 0 Å². The number of rotatable bonds is 0. The van der Waals surface area contributed by atoms with E-state index in [0.717, 1.165) is 6.54 Å². The predicted molar refractivity (Wildman–Crippen MR) is 33.8 cm³/mol. The predicted octanol–water partition coefficient (Wildman–Crippen LogP) is 0.388. The van der Waals surface area contributed by atoms with Crippen molar-refractivity contribution in [2.45, 2.75) is 13.8 Å². The number of nitrogens with one attached hydrogen (secondary N) is 1. The first-order valence-corrected chi connectivity index (χ1v) is 3.42. The number of amides is 1. The van der Waals surface area contributed by atoms with Crippen molar-refractivity contribution in [2.75, 3.05) is 6.54 Å². The Labute approximate surface area is 54.6 Å². The van der Waals surface area contributed by atoms with Gasteiger partial charge in [0.1, 0.15) is 0 Å². The molecule has 2 aliphatic rings. The average molecular weight is 125 g/mol. The van der Waals surface area contributed by atoms with Crippen LogP contribution in [0.5, 0.6) is 0 Å². The Hall–Kier alpha value is -0.530. The van der Waals surface area contributed by atoms with Crippen LogP contribution in [0.1, 0.15) is 13.8 Å². The molecule has 50 valence electrons. The van der Waals surface area contributed by atoms with Gasteiger partial charge in [-0.25, -0.2) is 0 Å². The number of carbonyl (C=O) groups excluding carboxylic acids is 1. The lowest BCUT2D eigenvalue weighted by molar-refractivity contribution is -0.121. The van der Waals surface area contributed by atoms with Crippen LogP contribution in [0.4, 0.5) is 0 Å². The Morgan fingerprint density at radius 2 is 2.33 bits per heavy atom. The highest BCUT2D eigenvalue weighted by Gasteiger charge is 2.64. The lowest BCUT2D eigenvalue weighted by atomic mass is 10.1. The molecule has 1 heterocycles. The summed E-state index contributed by atoms with van der Waals surface area (Å²) in [6.07, 6.45) is 0. The lowest BCUT2D eigenvalue weighted by Gasteiger charge is -2.06. The summed E-state index contributed by atoms with van der Waals surface area (Å²) in [5.74, 6) is 1.26. The third-order valence-corrected chi connectivity index (χ3v) is 2.83.